The molecule has 10 heavy (non-hydrogen) atoms. The lowest BCUT2D eigenvalue weighted by Gasteiger charge is -1.93. The van der Waals surface area contributed by atoms with Crippen molar-refractivity contribution in [1.82, 2.24) is 0 Å². The Morgan fingerprint density at radius 3 is 1.60 bits per heavy atom. The number of hydrogen-bond donors (Lipinski definition) is 0. The van der Waals surface area contributed by atoms with Crippen molar-refractivity contribution in [2.24, 2.45) is 5.92 Å². The van der Waals surface area contributed by atoms with E-state index in [0.717, 1.165) is 5.92 Å². The van der Waals surface area contributed by atoms with E-state index in [0.29, 0.717) is 0 Å². The second kappa shape index (κ2) is 6.60. The first-order valence-electron chi connectivity index (χ1n) is 4.20. The minimum Gasteiger partial charge on any atom is -0.0776 e. The standard InChI is InChI=1S/C7H10.C3H8/c1-2-7-5-3-4-6-7;1-3-2/h3-7H,2H2,1H3;3H2,1-2H3. The Bertz CT molecular complexity index is 97.2. The molecule has 0 aromatic rings. The van der Waals surface area contributed by atoms with Crippen LogP contribution in [0, 0.1) is 5.92 Å². The van der Waals surface area contributed by atoms with Crippen LogP contribution in [-0.2, 0) is 0 Å². The lowest BCUT2D eigenvalue weighted by molar-refractivity contribution is 0.784. The van der Waals surface area contributed by atoms with Gasteiger partial charge in [0.15, 0.2) is 0 Å². The van der Waals surface area contributed by atoms with Crippen LogP contribution >= 0.6 is 0 Å². The molecular weight excluding hydrogens is 120 g/mol. The monoisotopic (exact) mass is 138 g/mol. The van der Waals surface area contributed by atoms with Crippen LogP contribution in [0.4, 0.5) is 0 Å². The summed E-state index contributed by atoms with van der Waals surface area (Å²) < 4.78 is 0. The molecule has 0 aromatic heterocycles. The molecule has 1 rings (SSSR count). The average molecular weight is 138 g/mol. The number of rotatable bonds is 1. The highest BCUT2D eigenvalue weighted by molar-refractivity contribution is 5.16. The Morgan fingerprint density at radius 2 is 1.40 bits per heavy atom. The number of hydrogen-bond acceptors (Lipinski definition) is 0. The summed E-state index contributed by atoms with van der Waals surface area (Å²) in [5.74, 6) is 0.736. The summed E-state index contributed by atoms with van der Waals surface area (Å²) in [5, 5.41) is 0. The highest BCUT2D eigenvalue weighted by atomic mass is 14.0. The molecule has 0 radical (unpaired) electrons. The maximum Gasteiger partial charge on any atom is -0.00499 e. The van der Waals surface area contributed by atoms with Crippen molar-refractivity contribution in [3.63, 3.8) is 0 Å². The Labute approximate surface area is 64.6 Å². The summed E-state index contributed by atoms with van der Waals surface area (Å²) >= 11 is 0. The molecule has 0 fully saturated rings. The fraction of sp³-hybridized carbons (Fsp3) is 0.600. The summed E-state index contributed by atoms with van der Waals surface area (Å²) in [6, 6.07) is 0. The van der Waals surface area contributed by atoms with Gasteiger partial charge in [-0.05, 0) is 12.3 Å². The third-order valence-electron chi connectivity index (χ3n) is 1.30. The van der Waals surface area contributed by atoms with Gasteiger partial charge in [0.05, 0.1) is 0 Å². The first kappa shape index (κ1) is 9.48. The van der Waals surface area contributed by atoms with Crippen molar-refractivity contribution in [3.8, 4) is 0 Å². The maximum absolute atomic E-state index is 2.22. The molecule has 0 atom stereocenters. The molecule has 0 saturated heterocycles. The molecule has 0 aromatic carbocycles. The number of allylic oxidation sites excluding steroid dienone is 4. The highest BCUT2D eigenvalue weighted by Gasteiger charge is 1.96. The minimum atomic E-state index is 0.736. The van der Waals surface area contributed by atoms with Gasteiger partial charge in [-0.1, -0.05) is 51.5 Å². The van der Waals surface area contributed by atoms with Crippen LogP contribution in [0.2, 0.25) is 0 Å². The van der Waals surface area contributed by atoms with Crippen molar-refractivity contribution < 1.29 is 0 Å². The van der Waals surface area contributed by atoms with E-state index in [9.17, 15) is 0 Å². The summed E-state index contributed by atoms with van der Waals surface area (Å²) in [7, 11) is 0. The molecule has 0 N–H and O–H groups in total. The molecule has 0 saturated carbocycles. The average Bonchev–Trinajstić information content (AvgIpc) is 2.39. The van der Waals surface area contributed by atoms with Gasteiger partial charge in [0.2, 0.25) is 0 Å². The zero-order chi connectivity index (χ0) is 7.82. The Hall–Kier alpha value is -0.520. The molecule has 0 nitrogen and oxygen atoms in total. The van der Waals surface area contributed by atoms with Crippen molar-refractivity contribution >= 4 is 0 Å². The van der Waals surface area contributed by atoms with Gasteiger partial charge >= 0.3 is 0 Å². The molecule has 0 spiro atoms. The van der Waals surface area contributed by atoms with Gasteiger partial charge in [-0.3, -0.25) is 0 Å². The van der Waals surface area contributed by atoms with Gasteiger partial charge < -0.3 is 0 Å². The van der Waals surface area contributed by atoms with Crippen LogP contribution in [0.15, 0.2) is 24.3 Å². The second-order valence-corrected chi connectivity index (χ2v) is 2.55. The summed E-state index contributed by atoms with van der Waals surface area (Å²) in [6.45, 7) is 6.45. The SMILES string of the molecule is CCC.CCC1C=CC=C1. The lowest BCUT2D eigenvalue weighted by Crippen LogP contribution is -1.81. The summed E-state index contributed by atoms with van der Waals surface area (Å²) in [5.41, 5.74) is 0. The molecule has 1 aliphatic rings. The largest absolute Gasteiger partial charge is 0.0776 e. The van der Waals surface area contributed by atoms with Crippen LogP contribution in [0.3, 0.4) is 0 Å². The van der Waals surface area contributed by atoms with E-state index in [1.54, 1.807) is 0 Å². The van der Waals surface area contributed by atoms with Crippen molar-refractivity contribution in [2.75, 3.05) is 0 Å². The molecular formula is C10H18. The van der Waals surface area contributed by atoms with Crippen LogP contribution in [0.5, 0.6) is 0 Å². The second-order valence-electron chi connectivity index (χ2n) is 2.55. The molecule has 0 heterocycles. The van der Waals surface area contributed by atoms with Gasteiger partial charge in [-0.25, -0.2) is 0 Å². The zero-order valence-electron chi connectivity index (χ0n) is 7.30. The normalized spacial score (nSPS) is 15.1. The van der Waals surface area contributed by atoms with E-state index in [1.165, 1.54) is 12.8 Å². The van der Waals surface area contributed by atoms with Crippen LogP contribution in [0.25, 0.3) is 0 Å². The Kier molecular flexibility index (Phi) is 6.25. The summed E-state index contributed by atoms with van der Waals surface area (Å²) in [4.78, 5) is 0. The quantitative estimate of drug-likeness (QED) is 0.519. The predicted octanol–water partition coefficient (Wildman–Crippen LogP) is 3.55. The molecule has 0 unspecified atom stereocenters. The third kappa shape index (κ3) is 4.37. The molecule has 1 aliphatic carbocycles. The topological polar surface area (TPSA) is 0 Å². The minimum absolute atomic E-state index is 0.736. The Morgan fingerprint density at radius 1 is 1.00 bits per heavy atom. The van der Waals surface area contributed by atoms with Gasteiger partial charge in [0, 0.05) is 0 Å². The van der Waals surface area contributed by atoms with E-state index in [1.807, 2.05) is 0 Å². The van der Waals surface area contributed by atoms with E-state index in [2.05, 4.69) is 45.1 Å². The van der Waals surface area contributed by atoms with E-state index >= 15 is 0 Å². The van der Waals surface area contributed by atoms with Crippen molar-refractivity contribution in [2.45, 2.75) is 33.6 Å². The molecule has 58 valence electrons. The fourth-order valence-electron chi connectivity index (χ4n) is 0.750. The zero-order valence-corrected chi connectivity index (χ0v) is 7.30. The van der Waals surface area contributed by atoms with Crippen LogP contribution in [-0.4, -0.2) is 0 Å². The van der Waals surface area contributed by atoms with E-state index in [-0.39, 0.29) is 0 Å². The van der Waals surface area contributed by atoms with Crippen molar-refractivity contribution in [1.29, 1.82) is 0 Å². The van der Waals surface area contributed by atoms with Crippen molar-refractivity contribution in [3.05, 3.63) is 24.3 Å². The van der Waals surface area contributed by atoms with Crippen LogP contribution in [0.1, 0.15) is 33.6 Å². The van der Waals surface area contributed by atoms with E-state index < -0.39 is 0 Å². The smallest absolute Gasteiger partial charge is 0.00499 e. The molecule has 0 heteroatoms. The third-order valence-corrected chi connectivity index (χ3v) is 1.30. The highest BCUT2D eigenvalue weighted by Crippen LogP contribution is 2.10. The lowest BCUT2D eigenvalue weighted by atomic mass is 10.1. The maximum atomic E-state index is 2.22. The predicted molar refractivity (Wildman–Crippen MR) is 48.0 cm³/mol. The van der Waals surface area contributed by atoms with Gasteiger partial charge in [0.1, 0.15) is 0 Å². The van der Waals surface area contributed by atoms with Gasteiger partial charge in [-0.2, -0.15) is 0 Å². The molecule has 0 amide bonds. The first-order valence-corrected chi connectivity index (χ1v) is 4.20. The first-order chi connectivity index (χ1) is 4.85. The van der Waals surface area contributed by atoms with E-state index in [4.69, 9.17) is 0 Å². The van der Waals surface area contributed by atoms with Crippen LogP contribution < -0.4 is 0 Å². The molecule has 0 bridgehead atoms. The fourth-order valence-corrected chi connectivity index (χ4v) is 0.750. The summed E-state index contributed by atoms with van der Waals surface area (Å²) in [6.07, 6.45) is 11.1. The Balaban J connectivity index is 0.000000236. The van der Waals surface area contributed by atoms with Gasteiger partial charge in [-0.15, -0.1) is 0 Å². The van der Waals surface area contributed by atoms with Gasteiger partial charge in [0.25, 0.3) is 0 Å². The molecule has 0 aliphatic heterocycles.